The fourth-order valence-corrected chi connectivity index (χ4v) is 9.98. The average Bonchev–Trinajstić information content (AvgIpc) is 3.31. The molecule has 12 rings (SSSR count). The van der Waals surface area contributed by atoms with Crippen LogP contribution in [0.15, 0.2) is 218 Å². The van der Waals surface area contributed by atoms with E-state index in [1.54, 1.807) is 0 Å². The second-order valence-electron chi connectivity index (χ2n) is 15.6. The number of ether oxygens (including phenoxy) is 1. The first-order valence-electron chi connectivity index (χ1n) is 20.4. The van der Waals surface area contributed by atoms with E-state index in [9.17, 15) is 0 Å². The molecule has 0 unspecified atom stereocenters. The SMILES string of the molecule is c1ccc(-c2cccc(-c3ccccc3)c2B2c3ccccc3N(c3ccccc3)c3cc4c(cc32)B2c3ccccc3Oc3cccc(c32)N4c2ccccc2)cc1. The number of benzene rings is 9. The molecule has 3 aliphatic heterocycles. The van der Waals surface area contributed by atoms with Crippen LogP contribution in [0.4, 0.5) is 34.1 Å². The summed E-state index contributed by atoms with van der Waals surface area (Å²) >= 11 is 0. The van der Waals surface area contributed by atoms with E-state index in [1.165, 1.54) is 72.1 Å². The average molecular weight is 751 g/mol. The monoisotopic (exact) mass is 750 g/mol. The molecule has 0 aliphatic carbocycles. The first-order valence-corrected chi connectivity index (χ1v) is 20.4. The van der Waals surface area contributed by atoms with Gasteiger partial charge in [0.05, 0.1) is 0 Å². The zero-order valence-corrected chi connectivity index (χ0v) is 32.2. The fraction of sp³-hybridized carbons (Fsp3) is 0. The van der Waals surface area contributed by atoms with Gasteiger partial charge in [0.1, 0.15) is 11.5 Å². The number of para-hydroxylation sites is 4. The molecule has 0 atom stereocenters. The summed E-state index contributed by atoms with van der Waals surface area (Å²) in [6.07, 6.45) is 0. The van der Waals surface area contributed by atoms with E-state index in [0.29, 0.717) is 0 Å². The fourth-order valence-electron chi connectivity index (χ4n) is 9.98. The molecule has 0 spiro atoms. The third kappa shape index (κ3) is 5.25. The van der Waals surface area contributed by atoms with Gasteiger partial charge in [-0.25, -0.2) is 0 Å². The van der Waals surface area contributed by atoms with Gasteiger partial charge in [-0.15, -0.1) is 0 Å². The molecule has 274 valence electrons. The molecule has 0 radical (unpaired) electrons. The molecule has 0 aromatic heterocycles. The molecular formula is C54H36B2N2O. The molecule has 0 bridgehead atoms. The van der Waals surface area contributed by atoms with Crippen molar-refractivity contribution in [3.05, 3.63) is 218 Å². The van der Waals surface area contributed by atoms with Gasteiger partial charge in [-0.3, -0.25) is 0 Å². The standard InChI is InChI=1S/C54H36B2N2O/c1-5-19-37(20-6-1)41-27-17-28-42(38-21-7-2-8-22-38)53(41)55-43-29-13-15-31-47(43)57(39-23-9-3-10-24-39)49-36-50-46(35-45(49)55)56-44-30-14-16-33-51(44)59-52-34-18-32-48(54(52)56)58(50)40-25-11-4-12-26-40/h1-36H. The van der Waals surface area contributed by atoms with Crippen molar-refractivity contribution in [3.63, 3.8) is 0 Å². The van der Waals surface area contributed by atoms with Crippen molar-refractivity contribution in [1.82, 2.24) is 0 Å². The minimum absolute atomic E-state index is 0.0348. The molecular weight excluding hydrogens is 714 g/mol. The van der Waals surface area contributed by atoms with Crippen molar-refractivity contribution < 1.29 is 4.74 Å². The molecule has 59 heavy (non-hydrogen) atoms. The number of hydrogen-bond acceptors (Lipinski definition) is 3. The smallest absolute Gasteiger partial charge is 0.256 e. The van der Waals surface area contributed by atoms with E-state index in [4.69, 9.17) is 4.74 Å². The summed E-state index contributed by atoms with van der Waals surface area (Å²) in [4.78, 5) is 4.94. The predicted octanol–water partition coefficient (Wildman–Crippen LogP) is 9.73. The Hall–Kier alpha value is -7.49. The summed E-state index contributed by atoms with van der Waals surface area (Å²) < 4.78 is 6.74. The Morgan fingerprint density at radius 1 is 0.305 bits per heavy atom. The summed E-state index contributed by atoms with van der Waals surface area (Å²) in [7, 11) is 0. The maximum atomic E-state index is 6.74. The van der Waals surface area contributed by atoms with Gasteiger partial charge in [0.2, 0.25) is 6.71 Å². The van der Waals surface area contributed by atoms with E-state index in [2.05, 4.69) is 228 Å². The second kappa shape index (κ2) is 13.6. The highest BCUT2D eigenvalue weighted by atomic mass is 16.5. The number of fused-ring (bicyclic) bond motifs is 6. The first-order chi connectivity index (χ1) is 29.3. The van der Waals surface area contributed by atoms with Crippen LogP contribution in [-0.4, -0.2) is 13.4 Å². The van der Waals surface area contributed by atoms with Crippen molar-refractivity contribution in [2.24, 2.45) is 0 Å². The molecule has 0 fully saturated rings. The van der Waals surface area contributed by atoms with Crippen molar-refractivity contribution in [2.45, 2.75) is 0 Å². The minimum atomic E-state index is -0.102. The maximum absolute atomic E-state index is 6.74. The molecule has 9 aromatic rings. The number of anilines is 6. The van der Waals surface area contributed by atoms with Gasteiger partial charge in [-0.05, 0) is 104 Å². The van der Waals surface area contributed by atoms with Crippen molar-refractivity contribution in [3.8, 4) is 33.8 Å². The zero-order valence-electron chi connectivity index (χ0n) is 32.2. The Labute approximate surface area is 345 Å². The van der Waals surface area contributed by atoms with Gasteiger partial charge in [0, 0.05) is 34.1 Å². The van der Waals surface area contributed by atoms with E-state index < -0.39 is 0 Å². The summed E-state index contributed by atoms with van der Waals surface area (Å²) in [5.74, 6) is 1.82. The van der Waals surface area contributed by atoms with Crippen molar-refractivity contribution >= 4 is 80.3 Å². The topological polar surface area (TPSA) is 15.7 Å². The molecule has 3 heterocycles. The summed E-state index contributed by atoms with van der Waals surface area (Å²) in [6.45, 7) is -0.137. The molecule has 5 heteroatoms. The Balaban J connectivity index is 1.23. The van der Waals surface area contributed by atoms with Gasteiger partial charge >= 0.3 is 0 Å². The second-order valence-corrected chi connectivity index (χ2v) is 15.6. The number of hydrogen-bond donors (Lipinski definition) is 0. The molecule has 0 saturated heterocycles. The molecule has 0 saturated carbocycles. The maximum Gasteiger partial charge on any atom is 0.256 e. The van der Waals surface area contributed by atoms with Crippen LogP contribution in [-0.2, 0) is 0 Å². The predicted molar refractivity (Wildman–Crippen MR) is 249 cm³/mol. The molecule has 3 aliphatic rings. The lowest BCUT2D eigenvalue weighted by Gasteiger charge is -2.43. The van der Waals surface area contributed by atoms with Crippen LogP contribution < -0.4 is 47.3 Å². The Bertz CT molecular complexity index is 2990. The van der Waals surface area contributed by atoms with Gasteiger partial charge < -0.3 is 14.5 Å². The van der Waals surface area contributed by atoms with Crippen LogP contribution in [0, 0.1) is 0 Å². The van der Waals surface area contributed by atoms with Gasteiger partial charge in [0.25, 0.3) is 6.71 Å². The van der Waals surface area contributed by atoms with Gasteiger partial charge in [-0.1, -0.05) is 169 Å². The van der Waals surface area contributed by atoms with Crippen LogP contribution in [0.3, 0.4) is 0 Å². The quantitative estimate of drug-likeness (QED) is 0.163. The highest BCUT2D eigenvalue weighted by Gasteiger charge is 2.45. The molecule has 0 amide bonds. The Kier molecular flexibility index (Phi) is 7.74. The van der Waals surface area contributed by atoms with E-state index in [1.807, 2.05) is 0 Å². The third-order valence-electron chi connectivity index (χ3n) is 12.4. The number of rotatable bonds is 5. The van der Waals surface area contributed by atoms with Crippen LogP contribution in [0.5, 0.6) is 11.5 Å². The zero-order chi connectivity index (χ0) is 38.9. The highest BCUT2D eigenvalue weighted by molar-refractivity contribution is 7.02. The first kappa shape index (κ1) is 33.6. The summed E-state index contributed by atoms with van der Waals surface area (Å²) in [5, 5.41) is 0. The number of nitrogens with zero attached hydrogens (tertiary/aromatic N) is 2. The van der Waals surface area contributed by atoms with Gasteiger partial charge in [0.15, 0.2) is 0 Å². The highest BCUT2D eigenvalue weighted by Crippen LogP contribution is 2.44. The van der Waals surface area contributed by atoms with E-state index >= 15 is 0 Å². The van der Waals surface area contributed by atoms with Gasteiger partial charge in [-0.2, -0.15) is 0 Å². The normalized spacial score (nSPS) is 13.1. The Morgan fingerprint density at radius 2 is 0.763 bits per heavy atom. The molecule has 9 aromatic carbocycles. The molecule has 3 nitrogen and oxygen atoms in total. The van der Waals surface area contributed by atoms with Crippen LogP contribution >= 0.6 is 0 Å². The van der Waals surface area contributed by atoms with Crippen molar-refractivity contribution in [1.29, 1.82) is 0 Å². The lowest BCUT2D eigenvalue weighted by molar-refractivity contribution is 0.487. The summed E-state index contributed by atoms with van der Waals surface area (Å²) in [6, 6.07) is 79.6. The Morgan fingerprint density at radius 3 is 1.39 bits per heavy atom. The third-order valence-corrected chi connectivity index (χ3v) is 12.4. The lowest BCUT2D eigenvalue weighted by atomic mass is 9.30. The molecule has 0 N–H and O–H groups in total. The largest absolute Gasteiger partial charge is 0.458 e. The lowest BCUT2D eigenvalue weighted by Crippen LogP contribution is -2.63. The van der Waals surface area contributed by atoms with Crippen molar-refractivity contribution in [2.75, 3.05) is 9.80 Å². The van der Waals surface area contributed by atoms with Crippen LogP contribution in [0.1, 0.15) is 0 Å². The van der Waals surface area contributed by atoms with Crippen LogP contribution in [0.2, 0.25) is 0 Å². The van der Waals surface area contributed by atoms with E-state index in [-0.39, 0.29) is 13.4 Å². The summed E-state index contributed by atoms with van der Waals surface area (Å²) in [5.41, 5.74) is 19.3. The van der Waals surface area contributed by atoms with E-state index in [0.717, 1.165) is 28.6 Å². The van der Waals surface area contributed by atoms with Crippen LogP contribution in [0.25, 0.3) is 22.3 Å². The minimum Gasteiger partial charge on any atom is -0.458 e.